The molecule has 80 valence electrons. The molecule has 0 aromatic carbocycles. The molecular formula is C10H12N2O3. The van der Waals surface area contributed by atoms with Crippen LogP contribution < -0.4 is 5.32 Å². The lowest BCUT2D eigenvalue weighted by atomic mass is 10.3. The van der Waals surface area contributed by atoms with E-state index in [4.69, 9.17) is 5.11 Å². The Balaban J connectivity index is 2.40. The molecule has 1 aromatic rings. The summed E-state index contributed by atoms with van der Waals surface area (Å²) in [5.74, 6) is -1.28. The minimum Gasteiger partial charge on any atom is -0.478 e. The van der Waals surface area contributed by atoms with E-state index in [-0.39, 0.29) is 12.5 Å². The highest BCUT2D eigenvalue weighted by Gasteiger charge is 2.04. The molecule has 0 unspecified atom stereocenters. The number of aromatic nitrogens is 1. The summed E-state index contributed by atoms with van der Waals surface area (Å²) in [5.41, 5.74) is 1.44. The van der Waals surface area contributed by atoms with Crippen molar-refractivity contribution in [3.63, 3.8) is 0 Å². The van der Waals surface area contributed by atoms with Gasteiger partial charge in [0.1, 0.15) is 5.69 Å². The van der Waals surface area contributed by atoms with Gasteiger partial charge in [0.15, 0.2) is 0 Å². The number of H-pyrrole nitrogens is 1. The number of nitrogens with one attached hydrogen (secondary N) is 2. The summed E-state index contributed by atoms with van der Waals surface area (Å²) in [6.07, 6.45) is 4.08. The third kappa shape index (κ3) is 3.68. The maximum atomic E-state index is 11.4. The van der Waals surface area contributed by atoms with Crippen molar-refractivity contribution >= 4 is 11.9 Å². The lowest BCUT2D eigenvalue weighted by molar-refractivity contribution is -0.131. The molecule has 0 saturated carbocycles. The van der Waals surface area contributed by atoms with Gasteiger partial charge in [-0.05, 0) is 18.6 Å². The topological polar surface area (TPSA) is 82.2 Å². The van der Waals surface area contributed by atoms with Crippen molar-refractivity contribution in [2.75, 3.05) is 6.54 Å². The van der Waals surface area contributed by atoms with Crippen LogP contribution in [0.25, 0.3) is 0 Å². The first-order valence-corrected chi connectivity index (χ1v) is 4.42. The zero-order chi connectivity index (χ0) is 11.3. The van der Waals surface area contributed by atoms with Gasteiger partial charge < -0.3 is 15.4 Å². The predicted octanol–water partition coefficient (Wildman–Crippen LogP) is 0.694. The first kappa shape index (κ1) is 11.0. The number of hydrogen-bond donors (Lipinski definition) is 3. The number of carboxylic acids is 1. The Bertz CT molecular complexity index is 393. The summed E-state index contributed by atoms with van der Waals surface area (Å²) in [4.78, 5) is 24.3. The Morgan fingerprint density at radius 1 is 1.60 bits per heavy atom. The minimum absolute atomic E-state index is 0.198. The number of amides is 1. The molecule has 0 spiro atoms. The van der Waals surface area contributed by atoms with E-state index < -0.39 is 5.97 Å². The number of aromatic amines is 1. The molecular weight excluding hydrogens is 196 g/mol. The van der Waals surface area contributed by atoms with Crippen LogP contribution in [0.15, 0.2) is 24.4 Å². The van der Waals surface area contributed by atoms with Crippen LogP contribution in [0, 0.1) is 6.92 Å². The standard InChI is InChI=1S/C10H12N2O3/c1-7-5-8(12-6-7)10(15)11-4-2-3-9(13)14/h2-3,5-6,12H,4H2,1H3,(H,11,15)(H,13,14)/b3-2+. The van der Waals surface area contributed by atoms with Crippen LogP contribution in [0.4, 0.5) is 0 Å². The molecule has 5 heteroatoms. The van der Waals surface area contributed by atoms with Crippen molar-refractivity contribution < 1.29 is 14.7 Å². The second-order valence-corrected chi connectivity index (χ2v) is 3.04. The monoisotopic (exact) mass is 208 g/mol. The molecule has 1 rings (SSSR count). The Morgan fingerprint density at radius 2 is 2.33 bits per heavy atom. The number of aliphatic carboxylic acids is 1. The average molecular weight is 208 g/mol. The van der Waals surface area contributed by atoms with Gasteiger partial charge in [-0.25, -0.2) is 4.79 Å². The van der Waals surface area contributed by atoms with E-state index in [1.807, 2.05) is 6.92 Å². The summed E-state index contributed by atoms with van der Waals surface area (Å²) >= 11 is 0. The minimum atomic E-state index is -1.03. The highest BCUT2D eigenvalue weighted by Crippen LogP contribution is 2.00. The summed E-state index contributed by atoms with van der Waals surface area (Å²) in [6.45, 7) is 2.07. The summed E-state index contributed by atoms with van der Waals surface area (Å²) in [5, 5.41) is 10.8. The summed E-state index contributed by atoms with van der Waals surface area (Å²) in [7, 11) is 0. The number of carboxylic acid groups (broad SMARTS) is 1. The number of rotatable bonds is 4. The van der Waals surface area contributed by atoms with Crippen LogP contribution in [-0.2, 0) is 4.79 Å². The quantitative estimate of drug-likeness (QED) is 0.637. The van der Waals surface area contributed by atoms with E-state index in [0.29, 0.717) is 5.69 Å². The van der Waals surface area contributed by atoms with Crippen molar-refractivity contribution in [2.24, 2.45) is 0 Å². The predicted molar refractivity (Wildman–Crippen MR) is 54.6 cm³/mol. The van der Waals surface area contributed by atoms with E-state index in [2.05, 4.69) is 10.3 Å². The van der Waals surface area contributed by atoms with Crippen LogP contribution >= 0.6 is 0 Å². The zero-order valence-corrected chi connectivity index (χ0v) is 8.28. The molecule has 0 aliphatic rings. The van der Waals surface area contributed by atoms with Gasteiger partial charge in [-0.3, -0.25) is 4.79 Å². The number of aryl methyl sites for hydroxylation is 1. The molecule has 0 bridgehead atoms. The van der Waals surface area contributed by atoms with Crippen LogP contribution in [0.2, 0.25) is 0 Å². The first-order chi connectivity index (χ1) is 7.09. The van der Waals surface area contributed by atoms with E-state index in [1.54, 1.807) is 12.3 Å². The third-order valence-electron chi connectivity index (χ3n) is 1.71. The molecule has 1 amide bonds. The summed E-state index contributed by atoms with van der Waals surface area (Å²) in [6, 6.07) is 1.72. The maximum Gasteiger partial charge on any atom is 0.328 e. The highest BCUT2D eigenvalue weighted by molar-refractivity contribution is 5.92. The van der Waals surface area contributed by atoms with Crippen LogP contribution in [0.1, 0.15) is 16.1 Å². The fraction of sp³-hybridized carbons (Fsp3) is 0.200. The molecule has 0 aliphatic carbocycles. The fourth-order valence-corrected chi connectivity index (χ4v) is 1.04. The van der Waals surface area contributed by atoms with Gasteiger partial charge in [0.2, 0.25) is 0 Å². The lowest BCUT2D eigenvalue weighted by Crippen LogP contribution is -2.23. The van der Waals surface area contributed by atoms with Crippen molar-refractivity contribution in [1.82, 2.24) is 10.3 Å². The molecule has 0 atom stereocenters. The molecule has 0 aliphatic heterocycles. The molecule has 1 aromatic heterocycles. The Morgan fingerprint density at radius 3 is 2.87 bits per heavy atom. The fourth-order valence-electron chi connectivity index (χ4n) is 1.04. The number of hydrogen-bond acceptors (Lipinski definition) is 2. The van der Waals surface area contributed by atoms with Crippen molar-refractivity contribution in [3.8, 4) is 0 Å². The maximum absolute atomic E-state index is 11.4. The average Bonchev–Trinajstić information content (AvgIpc) is 2.59. The molecule has 1 heterocycles. The smallest absolute Gasteiger partial charge is 0.328 e. The van der Waals surface area contributed by atoms with Crippen molar-refractivity contribution in [2.45, 2.75) is 6.92 Å². The molecule has 5 nitrogen and oxygen atoms in total. The number of carbonyl (C=O) groups is 2. The second-order valence-electron chi connectivity index (χ2n) is 3.04. The van der Waals surface area contributed by atoms with E-state index in [0.717, 1.165) is 11.6 Å². The van der Waals surface area contributed by atoms with E-state index in [9.17, 15) is 9.59 Å². The normalized spacial score (nSPS) is 10.5. The second kappa shape index (κ2) is 4.99. The number of carbonyl (C=O) groups excluding carboxylic acids is 1. The Kier molecular flexibility index (Phi) is 3.68. The first-order valence-electron chi connectivity index (χ1n) is 4.42. The largest absolute Gasteiger partial charge is 0.478 e. The molecule has 3 N–H and O–H groups in total. The van der Waals surface area contributed by atoms with E-state index >= 15 is 0 Å². The van der Waals surface area contributed by atoms with Gasteiger partial charge in [0.25, 0.3) is 5.91 Å². The van der Waals surface area contributed by atoms with Crippen molar-refractivity contribution in [1.29, 1.82) is 0 Å². The molecule has 0 saturated heterocycles. The highest BCUT2D eigenvalue weighted by atomic mass is 16.4. The van der Waals surface area contributed by atoms with Gasteiger partial charge in [-0.1, -0.05) is 6.08 Å². The van der Waals surface area contributed by atoms with Gasteiger partial charge in [0.05, 0.1) is 0 Å². The van der Waals surface area contributed by atoms with Crippen LogP contribution in [-0.4, -0.2) is 28.5 Å². The third-order valence-corrected chi connectivity index (χ3v) is 1.71. The van der Waals surface area contributed by atoms with Crippen LogP contribution in [0.3, 0.4) is 0 Å². The van der Waals surface area contributed by atoms with Gasteiger partial charge in [0, 0.05) is 18.8 Å². The zero-order valence-electron chi connectivity index (χ0n) is 8.28. The van der Waals surface area contributed by atoms with Gasteiger partial charge in [-0.2, -0.15) is 0 Å². The van der Waals surface area contributed by atoms with Crippen LogP contribution in [0.5, 0.6) is 0 Å². The lowest BCUT2D eigenvalue weighted by Gasteiger charge is -1.98. The van der Waals surface area contributed by atoms with E-state index in [1.165, 1.54) is 6.08 Å². The van der Waals surface area contributed by atoms with Gasteiger partial charge >= 0.3 is 5.97 Å². The molecule has 0 fully saturated rings. The molecule has 0 radical (unpaired) electrons. The van der Waals surface area contributed by atoms with Gasteiger partial charge in [-0.15, -0.1) is 0 Å². The Hall–Kier alpha value is -2.04. The van der Waals surface area contributed by atoms with Crippen molar-refractivity contribution in [3.05, 3.63) is 35.7 Å². The summed E-state index contributed by atoms with van der Waals surface area (Å²) < 4.78 is 0. The Labute approximate surface area is 86.8 Å². The SMILES string of the molecule is Cc1c[nH]c(C(=O)NC/C=C/C(=O)O)c1. The molecule has 15 heavy (non-hydrogen) atoms.